The summed E-state index contributed by atoms with van der Waals surface area (Å²) in [4.78, 5) is 58.2. The Hall–Kier alpha value is -4.77. The van der Waals surface area contributed by atoms with Gasteiger partial charge in [-0.2, -0.15) is 0 Å². The van der Waals surface area contributed by atoms with Gasteiger partial charge in [0.25, 0.3) is 11.5 Å². The number of carboxylic acid groups (broad SMARTS) is 1. The lowest BCUT2D eigenvalue weighted by molar-refractivity contribution is -0.138. The Bertz CT molecular complexity index is 1750. The zero-order valence-corrected chi connectivity index (χ0v) is 21.9. The summed E-state index contributed by atoms with van der Waals surface area (Å²) in [6.07, 6.45) is 1.44. The molecular formula is C28H23N3O7S. The summed E-state index contributed by atoms with van der Waals surface area (Å²) in [5.41, 5.74) is 1.58. The average Bonchev–Trinajstić information content (AvgIpc) is 3.38. The van der Waals surface area contributed by atoms with Crippen molar-refractivity contribution in [2.45, 2.75) is 13.0 Å². The zero-order chi connectivity index (χ0) is 27.8. The number of hydrogen-bond acceptors (Lipinski definition) is 8. The van der Waals surface area contributed by atoms with E-state index in [2.05, 4.69) is 11.6 Å². The first-order valence-corrected chi connectivity index (χ1v) is 12.7. The molecular weight excluding hydrogens is 522 g/mol. The molecule has 1 aromatic heterocycles. The maximum atomic E-state index is 14.1. The first-order chi connectivity index (χ1) is 18.8. The van der Waals surface area contributed by atoms with Gasteiger partial charge in [0.15, 0.2) is 4.80 Å². The maximum Gasteiger partial charge on any atom is 0.338 e. The molecule has 5 rings (SSSR count). The lowest BCUT2D eigenvalue weighted by Gasteiger charge is -2.24. The van der Waals surface area contributed by atoms with Crippen LogP contribution in [0.2, 0.25) is 0 Å². The molecule has 0 fully saturated rings. The fourth-order valence-electron chi connectivity index (χ4n) is 4.74. The van der Waals surface area contributed by atoms with E-state index in [9.17, 15) is 24.3 Å². The van der Waals surface area contributed by atoms with Crippen molar-refractivity contribution in [1.29, 1.82) is 0 Å². The van der Waals surface area contributed by atoms with Gasteiger partial charge < -0.3 is 14.6 Å². The van der Waals surface area contributed by atoms with E-state index in [1.165, 1.54) is 17.8 Å². The molecule has 3 aromatic rings. The molecule has 0 radical (unpaired) electrons. The number of ether oxygens (including phenoxy) is 2. The molecule has 198 valence electrons. The van der Waals surface area contributed by atoms with Gasteiger partial charge >= 0.3 is 11.9 Å². The highest BCUT2D eigenvalue weighted by Crippen LogP contribution is 2.35. The van der Waals surface area contributed by atoms with Gasteiger partial charge in [-0.15, -0.1) is 0 Å². The van der Waals surface area contributed by atoms with E-state index < -0.39 is 36.0 Å². The van der Waals surface area contributed by atoms with Crippen molar-refractivity contribution in [1.82, 2.24) is 4.57 Å². The minimum Gasteiger partial charge on any atom is -0.497 e. The maximum absolute atomic E-state index is 14.1. The summed E-state index contributed by atoms with van der Waals surface area (Å²) in [5.74, 6) is -1.83. The summed E-state index contributed by atoms with van der Waals surface area (Å²) in [5, 5.41) is 9.39. The summed E-state index contributed by atoms with van der Waals surface area (Å²) >= 11 is 1.01. The number of benzene rings is 2. The molecule has 1 amide bonds. The average molecular weight is 546 g/mol. The van der Waals surface area contributed by atoms with Crippen LogP contribution in [0.3, 0.4) is 0 Å². The van der Waals surface area contributed by atoms with Crippen molar-refractivity contribution in [2.75, 3.05) is 25.2 Å². The Morgan fingerprint density at radius 1 is 1.15 bits per heavy atom. The lowest BCUT2D eigenvalue weighted by atomic mass is 9.96. The van der Waals surface area contributed by atoms with Gasteiger partial charge in [-0.1, -0.05) is 54.3 Å². The molecule has 2 aliphatic rings. The molecule has 0 aliphatic carbocycles. The quantitative estimate of drug-likeness (QED) is 0.354. The molecule has 1 atom stereocenters. The SMILES string of the molecule is C=CCOC(=O)C1=C(C)N=c2s/c(=C3\C(=O)N(CC(=O)O)c4ccccc43)c(=O)n2[C@@H]1c1ccc(OC)cc1. The molecule has 0 saturated heterocycles. The smallest absolute Gasteiger partial charge is 0.338 e. The monoisotopic (exact) mass is 545 g/mol. The highest BCUT2D eigenvalue weighted by Gasteiger charge is 2.38. The van der Waals surface area contributed by atoms with E-state index in [0.717, 1.165) is 16.2 Å². The molecule has 39 heavy (non-hydrogen) atoms. The van der Waals surface area contributed by atoms with Gasteiger partial charge in [0.2, 0.25) is 0 Å². The standard InChI is InChI=1S/C28H23N3O7S/c1-4-13-38-27(36)21-15(2)29-28-31(23(21)16-9-11-17(37-3)12-10-16)26(35)24(39-28)22-18-7-5-6-8-19(18)30(25(22)34)14-20(32)33/h4-12,23H,1,13-14H2,2-3H3,(H,32,33)/b24-22-/t23-/m1/s1. The number of rotatable bonds is 7. The van der Waals surface area contributed by atoms with Crippen molar-refractivity contribution in [3.05, 3.63) is 103 Å². The Morgan fingerprint density at radius 2 is 1.87 bits per heavy atom. The van der Waals surface area contributed by atoms with Crippen LogP contribution in [0.1, 0.15) is 24.1 Å². The van der Waals surface area contributed by atoms with E-state index in [4.69, 9.17) is 9.47 Å². The third-order valence-electron chi connectivity index (χ3n) is 6.42. The van der Waals surface area contributed by atoms with Gasteiger partial charge in [0, 0.05) is 5.56 Å². The number of carboxylic acids is 1. The largest absolute Gasteiger partial charge is 0.497 e. The third-order valence-corrected chi connectivity index (χ3v) is 7.48. The number of esters is 1. The molecule has 1 N–H and O–H groups in total. The van der Waals surface area contributed by atoms with Crippen LogP contribution in [0.15, 0.2) is 82.2 Å². The number of nitrogens with zero attached hydrogens (tertiary/aromatic N) is 3. The van der Waals surface area contributed by atoms with Crippen molar-refractivity contribution < 1.29 is 29.0 Å². The molecule has 0 saturated carbocycles. The molecule has 0 spiro atoms. The first kappa shape index (κ1) is 25.9. The minimum atomic E-state index is -1.18. The summed E-state index contributed by atoms with van der Waals surface area (Å²) in [6.45, 7) is 4.66. The van der Waals surface area contributed by atoms with Gasteiger partial charge in [-0.3, -0.25) is 23.9 Å². The number of fused-ring (bicyclic) bond motifs is 2. The Balaban J connectivity index is 1.78. The van der Waals surface area contributed by atoms with Crippen molar-refractivity contribution in [3.63, 3.8) is 0 Å². The molecule has 3 heterocycles. The number of thiazole rings is 1. The number of methoxy groups -OCH3 is 1. The van der Waals surface area contributed by atoms with Gasteiger partial charge in [0.05, 0.1) is 35.7 Å². The van der Waals surface area contributed by atoms with Gasteiger partial charge in [-0.25, -0.2) is 9.79 Å². The van der Waals surface area contributed by atoms with Crippen LogP contribution in [0, 0.1) is 0 Å². The summed E-state index contributed by atoms with van der Waals surface area (Å²) < 4.78 is 12.1. The second-order valence-corrected chi connectivity index (χ2v) is 9.72. The highest BCUT2D eigenvalue weighted by atomic mass is 32.1. The number of para-hydroxylation sites is 1. The molecule has 2 aromatic carbocycles. The normalized spacial score (nSPS) is 17.3. The van der Waals surface area contributed by atoms with E-state index in [1.54, 1.807) is 55.5 Å². The van der Waals surface area contributed by atoms with E-state index >= 15 is 0 Å². The molecule has 10 nitrogen and oxygen atoms in total. The summed E-state index contributed by atoms with van der Waals surface area (Å²) in [7, 11) is 1.53. The second-order valence-electron chi connectivity index (χ2n) is 8.74. The van der Waals surface area contributed by atoms with Crippen molar-refractivity contribution in [2.24, 2.45) is 4.99 Å². The topological polar surface area (TPSA) is 128 Å². The fourth-order valence-corrected chi connectivity index (χ4v) is 5.88. The number of anilines is 1. The number of carbonyl (C=O) groups is 3. The molecule has 11 heteroatoms. The van der Waals surface area contributed by atoms with E-state index in [-0.39, 0.29) is 22.3 Å². The van der Waals surface area contributed by atoms with Crippen LogP contribution in [0.5, 0.6) is 5.75 Å². The van der Waals surface area contributed by atoms with Crippen molar-refractivity contribution in [3.8, 4) is 5.75 Å². The minimum absolute atomic E-state index is 0.0236. The predicted octanol–water partition coefficient (Wildman–Crippen LogP) is 1.77. The summed E-state index contributed by atoms with van der Waals surface area (Å²) in [6, 6.07) is 12.8. The first-order valence-electron chi connectivity index (χ1n) is 11.9. The van der Waals surface area contributed by atoms with E-state index in [1.807, 2.05) is 0 Å². The van der Waals surface area contributed by atoms with Gasteiger partial charge in [-0.05, 0) is 30.7 Å². The van der Waals surface area contributed by atoms with E-state index in [0.29, 0.717) is 33.1 Å². The number of allylic oxidation sites excluding steroid dienone is 1. The predicted molar refractivity (Wildman–Crippen MR) is 143 cm³/mol. The number of hydrogen-bond donors (Lipinski definition) is 1. The molecule has 0 bridgehead atoms. The van der Waals surface area contributed by atoms with Crippen LogP contribution in [-0.4, -0.2) is 47.8 Å². The fraction of sp³-hybridized carbons (Fsp3) is 0.179. The Labute approximate surface area is 226 Å². The van der Waals surface area contributed by atoms with Crippen LogP contribution in [0.4, 0.5) is 5.69 Å². The second kappa shape index (κ2) is 10.2. The van der Waals surface area contributed by atoms with Crippen molar-refractivity contribution >= 4 is 40.4 Å². The molecule has 0 unspecified atom stereocenters. The molecule has 2 aliphatic heterocycles. The lowest BCUT2D eigenvalue weighted by Crippen LogP contribution is -2.41. The third kappa shape index (κ3) is 4.36. The highest BCUT2D eigenvalue weighted by molar-refractivity contribution is 7.07. The van der Waals surface area contributed by atoms with Crippen LogP contribution < -0.4 is 24.5 Å². The number of amides is 1. The number of aliphatic carboxylic acids is 1. The van der Waals surface area contributed by atoms with Crippen LogP contribution in [-0.2, 0) is 19.1 Å². The van der Waals surface area contributed by atoms with Crippen LogP contribution in [0.25, 0.3) is 5.57 Å². The van der Waals surface area contributed by atoms with Crippen LogP contribution >= 0.6 is 11.3 Å². The Morgan fingerprint density at radius 3 is 2.54 bits per heavy atom. The number of carbonyl (C=O) groups excluding carboxylic acids is 2. The Kier molecular flexibility index (Phi) is 6.75. The van der Waals surface area contributed by atoms with Gasteiger partial charge in [0.1, 0.15) is 23.4 Å². The number of aromatic nitrogens is 1. The zero-order valence-electron chi connectivity index (χ0n) is 21.0.